The fourth-order valence-electron chi connectivity index (χ4n) is 4.63. The van der Waals surface area contributed by atoms with Crippen LogP contribution in [0.1, 0.15) is 55.8 Å². The van der Waals surface area contributed by atoms with Crippen LogP contribution in [0.25, 0.3) is 6.08 Å². The summed E-state index contributed by atoms with van der Waals surface area (Å²) in [5, 5.41) is 2.77. The molecule has 10 heteroatoms. The topological polar surface area (TPSA) is 75.2 Å². The van der Waals surface area contributed by atoms with Gasteiger partial charge in [0.25, 0.3) is 6.43 Å². The number of halogens is 3. The van der Waals surface area contributed by atoms with Crippen LogP contribution in [0.2, 0.25) is 0 Å². The van der Waals surface area contributed by atoms with Crippen LogP contribution in [0.5, 0.6) is 0 Å². The molecule has 1 aromatic carbocycles. The van der Waals surface area contributed by atoms with E-state index in [4.69, 9.17) is 0 Å². The number of fused-ring (bicyclic) bond motifs is 1. The highest BCUT2D eigenvalue weighted by molar-refractivity contribution is 7.92. The molecule has 33 heavy (non-hydrogen) atoms. The van der Waals surface area contributed by atoms with Crippen molar-refractivity contribution >= 4 is 27.5 Å². The summed E-state index contributed by atoms with van der Waals surface area (Å²) in [4.78, 5) is 10.7. The van der Waals surface area contributed by atoms with E-state index < -0.39 is 38.9 Å². The number of hydrogen-bond donors (Lipinski definition) is 1. The molecular weight excluding hydrogens is 453 g/mol. The first-order valence-electron chi connectivity index (χ1n) is 10.9. The molecule has 3 heterocycles. The Kier molecular flexibility index (Phi) is 6.39. The molecule has 2 unspecified atom stereocenters. The van der Waals surface area contributed by atoms with Gasteiger partial charge in [-0.3, -0.25) is 0 Å². The monoisotopic (exact) mass is 480 g/mol. The van der Waals surface area contributed by atoms with Gasteiger partial charge in [0, 0.05) is 19.2 Å². The van der Waals surface area contributed by atoms with E-state index in [1.165, 1.54) is 18.5 Å². The molecule has 0 radical (unpaired) electrons. The molecule has 2 aromatic rings. The molecule has 3 atom stereocenters. The second kappa shape index (κ2) is 8.96. The van der Waals surface area contributed by atoms with E-state index in [0.717, 1.165) is 17.2 Å². The van der Waals surface area contributed by atoms with Gasteiger partial charge in [0.15, 0.2) is 9.84 Å². The first-order chi connectivity index (χ1) is 15.6. The molecule has 0 amide bonds. The third-order valence-corrected chi connectivity index (χ3v) is 8.82. The summed E-state index contributed by atoms with van der Waals surface area (Å²) in [6, 6.07) is 3.35. The fraction of sp³-hybridized carbons (Fsp3) is 0.478. The Hall–Kier alpha value is -2.62. The second-order valence-corrected chi connectivity index (χ2v) is 11.4. The molecule has 2 aliphatic heterocycles. The van der Waals surface area contributed by atoms with Crippen LogP contribution in [0.15, 0.2) is 30.1 Å². The molecule has 0 saturated carbocycles. The molecule has 0 bridgehead atoms. The maximum absolute atomic E-state index is 14.7. The van der Waals surface area contributed by atoms with Crippen LogP contribution in [0, 0.1) is 11.7 Å². The van der Waals surface area contributed by atoms with E-state index in [0.29, 0.717) is 31.0 Å². The molecule has 2 aliphatic rings. The molecule has 0 aliphatic carbocycles. The van der Waals surface area contributed by atoms with Gasteiger partial charge >= 0.3 is 0 Å². The molecule has 1 fully saturated rings. The van der Waals surface area contributed by atoms with Crippen molar-refractivity contribution in [2.75, 3.05) is 29.6 Å². The summed E-state index contributed by atoms with van der Waals surface area (Å²) in [7, 11) is -1.14. The van der Waals surface area contributed by atoms with Gasteiger partial charge in [-0.25, -0.2) is 31.6 Å². The number of nitrogens with zero attached hydrogens (tertiary/aromatic N) is 3. The molecule has 1 aromatic heterocycles. The maximum atomic E-state index is 14.7. The third kappa shape index (κ3) is 4.58. The van der Waals surface area contributed by atoms with E-state index in [-0.39, 0.29) is 17.2 Å². The van der Waals surface area contributed by atoms with Gasteiger partial charge in [0.1, 0.15) is 23.8 Å². The lowest BCUT2D eigenvalue weighted by Gasteiger charge is -2.34. The highest BCUT2D eigenvalue weighted by Crippen LogP contribution is 2.38. The predicted octanol–water partition coefficient (Wildman–Crippen LogP) is 4.77. The number of likely N-dealkylation sites (N-methyl/N-ethyl adjacent to an activating group) is 1. The Morgan fingerprint density at radius 1 is 1.21 bits per heavy atom. The summed E-state index contributed by atoms with van der Waals surface area (Å²) < 4.78 is 65.2. The Balaban J connectivity index is 1.65. The summed E-state index contributed by atoms with van der Waals surface area (Å²) in [6.45, 7) is 4.07. The number of anilines is 2. The number of nitrogens with one attached hydrogen (secondary N) is 1. The van der Waals surface area contributed by atoms with Crippen molar-refractivity contribution in [1.29, 1.82) is 0 Å². The van der Waals surface area contributed by atoms with Gasteiger partial charge in [-0.05, 0) is 44.3 Å². The lowest BCUT2D eigenvalue weighted by molar-refractivity contribution is 0.146. The average Bonchev–Trinajstić information content (AvgIpc) is 2.76. The highest BCUT2D eigenvalue weighted by atomic mass is 32.2. The zero-order chi connectivity index (χ0) is 23.9. The summed E-state index contributed by atoms with van der Waals surface area (Å²) in [6.07, 6.45) is 1.64. The first-order valence-corrected chi connectivity index (χ1v) is 12.6. The summed E-state index contributed by atoms with van der Waals surface area (Å²) >= 11 is 0. The number of sulfone groups is 1. The predicted molar refractivity (Wildman–Crippen MR) is 123 cm³/mol. The normalized spacial score (nSPS) is 23.1. The first kappa shape index (κ1) is 23.5. The molecule has 0 spiro atoms. The van der Waals surface area contributed by atoms with Gasteiger partial charge in [0.05, 0.1) is 28.2 Å². The van der Waals surface area contributed by atoms with Gasteiger partial charge in [-0.1, -0.05) is 18.2 Å². The maximum Gasteiger partial charge on any atom is 0.266 e. The minimum atomic E-state index is -3.04. The molecule has 178 valence electrons. The van der Waals surface area contributed by atoms with Crippen molar-refractivity contribution in [3.63, 3.8) is 0 Å². The Bertz CT molecular complexity index is 1190. The van der Waals surface area contributed by atoms with Gasteiger partial charge in [-0.2, -0.15) is 0 Å². The zero-order valence-electron chi connectivity index (χ0n) is 18.7. The van der Waals surface area contributed by atoms with Crippen LogP contribution in [0.3, 0.4) is 0 Å². The number of aromatic nitrogens is 2. The average molecular weight is 481 g/mol. The van der Waals surface area contributed by atoms with Crippen molar-refractivity contribution in [2.24, 2.45) is 5.92 Å². The van der Waals surface area contributed by atoms with E-state index in [2.05, 4.69) is 15.3 Å². The highest BCUT2D eigenvalue weighted by Gasteiger charge is 2.34. The third-order valence-electron chi connectivity index (χ3n) is 6.59. The van der Waals surface area contributed by atoms with Crippen molar-refractivity contribution < 1.29 is 21.6 Å². The number of alkyl halides is 2. The Morgan fingerprint density at radius 3 is 2.64 bits per heavy atom. The SMILES string of the molecule is CC1CC(C2=Cc3c(N[C@H](C)c4cccc(C(F)F)c4F)ncnc3N(C)C2)CCS1(=O)=O. The van der Waals surface area contributed by atoms with Crippen molar-refractivity contribution in [3.8, 4) is 0 Å². The van der Waals surface area contributed by atoms with Crippen LogP contribution >= 0.6 is 0 Å². The molecule has 4 rings (SSSR count). The number of hydrogen-bond acceptors (Lipinski definition) is 6. The molecule has 1 saturated heterocycles. The molecule has 6 nitrogen and oxygen atoms in total. The lowest BCUT2D eigenvalue weighted by Crippen LogP contribution is -2.35. The smallest absolute Gasteiger partial charge is 0.266 e. The van der Waals surface area contributed by atoms with E-state index in [1.807, 2.05) is 18.0 Å². The van der Waals surface area contributed by atoms with E-state index >= 15 is 0 Å². The summed E-state index contributed by atoms with van der Waals surface area (Å²) in [5.74, 6) is 0.530. The van der Waals surface area contributed by atoms with Gasteiger partial charge in [-0.15, -0.1) is 0 Å². The Morgan fingerprint density at radius 2 is 1.94 bits per heavy atom. The van der Waals surface area contributed by atoms with Crippen LogP contribution in [-0.2, 0) is 9.84 Å². The largest absolute Gasteiger partial charge is 0.363 e. The number of rotatable bonds is 5. The van der Waals surface area contributed by atoms with Gasteiger partial charge in [0.2, 0.25) is 0 Å². The van der Waals surface area contributed by atoms with E-state index in [1.54, 1.807) is 13.8 Å². The standard InChI is InChI=1S/C23H27F3N4O2S/c1-13-9-15(7-8-33(13,31)32)16-10-19-22(27-12-28-23(19)30(3)11-16)29-14(2)17-5-4-6-18(20(17)24)21(25)26/h4-6,10,12-15,21H,7-9,11H2,1-3H3,(H,27,28,29)/t13?,14-,15?/m1/s1. The van der Waals surface area contributed by atoms with Gasteiger partial charge < -0.3 is 10.2 Å². The van der Waals surface area contributed by atoms with Crippen LogP contribution in [0.4, 0.5) is 24.8 Å². The Labute approximate surface area is 191 Å². The second-order valence-electron chi connectivity index (χ2n) is 8.85. The van der Waals surface area contributed by atoms with Crippen molar-refractivity contribution in [1.82, 2.24) is 9.97 Å². The number of benzene rings is 1. The van der Waals surface area contributed by atoms with Crippen LogP contribution in [-0.4, -0.2) is 43.0 Å². The lowest BCUT2D eigenvalue weighted by atomic mass is 9.88. The van der Waals surface area contributed by atoms with Crippen LogP contribution < -0.4 is 10.2 Å². The fourth-order valence-corrected chi connectivity index (χ4v) is 6.17. The minimum absolute atomic E-state index is 0.125. The van der Waals surface area contributed by atoms with Crippen molar-refractivity contribution in [2.45, 2.75) is 44.4 Å². The minimum Gasteiger partial charge on any atom is -0.363 e. The molecule has 1 N–H and O–H groups in total. The molecular formula is C23H27F3N4O2S. The quantitative estimate of drug-likeness (QED) is 0.664. The zero-order valence-corrected chi connectivity index (χ0v) is 19.5. The van der Waals surface area contributed by atoms with Crippen molar-refractivity contribution in [3.05, 3.63) is 52.6 Å². The van der Waals surface area contributed by atoms with E-state index in [9.17, 15) is 21.6 Å². The summed E-state index contributed by atoms with van der Waals surface area (Å²) in [5.41, 5.74) is 1.32.